The minimum absolute atomic E-state index is 1.33. The highest BCUT2D eigenvalue weighted by Gasteiger charge is 2.30. The van der Waals surface area contributed by atoms with Crippen molar-refractivity contribution < 1.29 is 0 Å². The van der Waals surface area contributed by atoms with Crippen LogP contribution in [0, 0.1) is 0 Å². The Hall–Kier alpha value is -1.33. The van der Waals surface area contributed by atoms with E-state index in [2.05, 4.69) is 82.9 Å². The number of hydrogen-bond acceptors (Lipinski definition) is 0. The van der Waals surface area contributed by atoms with Crippen molar-refractivity contribution in [1.82, 2.24) is 4.98 Å². The summed E-state index contributed by atoms with van der Waals surface area (Å²) < 4.78 is 0. The number of nitrogens with one attached hydrogen (secondary N) is 1. The van der Waals surface area contributed by atoms with Gasteiger partial charge in [-0.15, -0.1) is 0 Å². The van der Waals surface area contributed by atoms with Crippen LogP contribution in [0.3, 0.4) is 0 Å². The predicted octanol–water partition coefficient (Wildman–Crippen LogP) is 6.75. The van der Waals surface area contributed by atoms with Crippen LogP contribution >= 0.6 is 0 Å². The van der Waals surface area contributed by atoms with E-state index in [0.717, 1.165) is 0 Å². The van der Waals surface area contributed by atoms with Crippen LogP contribution in [-0.2, 0) is 0 Å². The van der Waals surface area contributed by atoms with E-state index in [4.69, 9.17) is 0 Å². The van der Waals surface area contributed by atoms with Gasteiger partial charge in [-0.1, -0.05) is 112 Å². The van der Waals surface area contributed by atoms with Crippen LogP contribution < -0.4 is 10.4 Å². The Balaban J connectivity index is 2.16. The fraction of sp³-hybridized carbons (Fsp3) is 0.500. The molecule has 0 amide bonds. The SMILES string of the molecule is CC[Si](CC)(CC)c1ccc2c(c1)[nH]c1cc([Si](CC)(CC)CC)ccc12. The summed E-state index contributed by atoms with van der Waals surface area (Å²) in [6, 6.07) is 22.7. The largest absolute Gasteiger partial charge is 0.355 e. The van der Waals surface area contributed by atoms with Crippen molar-refractivity contribution in [2.75, 3.05) is 0 Å². The smallest absolute Gasteiger partial charge is 0.0860 e. The van der Waals surface area contributed by atoms with Crippen molar-refractivity contribution in [2.45, 2.75) is 77.8 Å². The van der Waals surface area contributed by atoms with Crippen molar-refractivity contribution in [3.05, 3.63) is 36.4 Å². The maximum Gasteiger partial charge on any atom is 0.0860 e. The standard InChI is InChI=1S/C24H37NSi2/c1-7-26(8-2,9-3)19-13-15-21-22-16-14-20(27(10-4,11-5)12-6)18-24(22)25-23(21)17-19/h13-18,25H,7-12H2,1-6H3. The maximum atomic E-state index is 3.79. The second kappa shape index (κ2) is 7.96. The molecule has 0 atom stereocenters. The molecule has 27 heavy (non-hydrogen) atoms. The van der Waals surface area contributed by atoms with E-state index in [1.54, 1.807) is 10.4 Å². The topological polar surface area (TPSA) is 15.8 Å². The Morgan fingerprint density at radius 3 is 1.19 bits per heavy atom. The Labute approximate surface area is 167 Å². The van der Waals surface area contributed by atoms with Gasteiger partial charge >= 0.3 is 0 Å². The molecule has 1 nitrogen and oxygen atoms in total. The zero-order valence-corrected chi connectivity index (χ0v) is 20.2. The summed E-state index contributed by atoms with van der Waals surface area (Å²) in [4.78, 5) is 3.79. The second-order valence-corrected chi connectivity index (χ2v) is 18.8. The van der Waals surface area contributed by atoms with Gasteiger partial charge in [0.05, 0.1) is 16.1 Å². The van der Waals surface area contributed by atoms with Crippen LogP contribution in [0.4, 0.5) is 0 Å². The lowest BCUT2D eigenvalue weighted by Crippen LogP contribution is -2.45. The molecule has 0 saturated heterocycles. The van der Waals surface area contributed by atoms with Crippen LogP contribution in [0.25, 0.3) is 21.8 Å². The maximum absolute atomic E-state index is 3.79. The molecule has 3 heteroatoms. The van der Waals surface area contributed by atoms with Gasteiger partial charge in [-0.2, -0.15) is 0 Å². The van der Waals surface area contributed by atoms with Gasteiger partial charge in [0.25, 0.3) is 0 Å². The molecule has 3 aromatic rings. The predicted molar refractivity (Wildman–Crippen MR) is 129 cm³/mol. The lowest BCUT2D eigenvalue weighted by molar-refractivity contribution is 1.19. The van der Waals surface area contributed by atoms with Gasteiger partial charge in [-0.05, 0) is 12.1 Å². The van der Waals surface area contributed by atoms with E-state index in [-0.39, 0.29) is 0 Å². The highest BCUT2D eigenvalue weighted by atomic mass is 28.3. The van der Waals surface area contributed by atoms with E-state index < -0.39 is 16.1 Å². The molecule has 0 aliphatic carbocycles. The van der Waals surface area contributed by atoms with Crippen LogP contribution in [0.1, 0.15) is 41.5 Å². The van der Waals surface area contributed by atoms with Crippen molar-refractivity contribution >= 4 is 48.3 Å². The molecule has 0 saturated carbocycles. The Morgan fingerprint density at radius 1 is 0.556 bits per heavy atom. The molecular weight excluding hydrogens is 358 g/mol. The monoisotopic (exact) mass is 395 g/mol. The first-order valence-corrected chi connectivity index (χ1v) is 16.3. The molecule has 0 unspecified atom stereocenters. The average Bonchev–Trinajstić information content (AvgIpc) is 3.09. The van der Waals surface area contributed by atoms with Gasteiger partial charge in [-0.3, -0.25) is 0 Å². The molecule has 0 bridgehead atoms. The third-order valence-electron chi connectivity index (χ3n) is 7.88. The average molecular weight is 396 g/mol. The Kier molecular flexibility index (Phi) is 6.02. The summed E-state index contributed by atoms with van der Waals surface area (Å²) in [5.41, 5.74) is 2.67. The van der Waals surface area contributed by atoms with Crippen LogP contribution in [-0.4, -0.2) is 21.1 Å². The van der Waals surface area contributed by atoms with E-state index in [1.807, 2.05) is 0 Å². The number of H-pyrrole nitrogens is 1. The van der Waals surface area contributed by atoms with Crippen molar-refractivity contribution in [2.24, 2.45) is 0 Å². The second-order valence-electron chi connectivity index (χ2n) is 8.33. The van der Waals surface area contributed by atoms with E-state index in [9.17, 15) is 0 Å². The molecule has 146 valence electrons. The summed E-state index contributed by atoms with van der Waals surface area (Å²) in [6.45, 7) is 14.4. The van der Waals surface area contributed by atoms with Gasteiger partial charge < -0.3 is 4.98 Å². The minimum Gasteiger partial charge on any atom is -0.355 e. The van der Waals surface area contributed by atoms with Gasteiger partial charge in [0, 0.05) is 21.8 Å². The van der Waals surface area contributed by atoms with Crippen molar-refractivity contribution in [3.8, 4) is 0 Å². The summed E-state index contributed by atoms with van der Waals surface area (Å²) in [5, 5.41) is 6.05. The number of hydrogen-bond donors (Lipinski definition) is 1. The molecule has 0 fully saturated rings. The zero-order chi connectivity index (χ0) is 19.7. The summed E-state index contributed by atoms with van der Waals surface area (Å²) in [6.07, 6.45) is 0. The summed E-state index contributed by atoms with van der Waals surface area (Å²) >= 11 is 0. The molecule has 0 aliphatic heterocycles. The normalized spacial score (nSPS) is 13.0. The summed E-state index contributed by atoms with van der Waals surface area (Å²) in [5.74, 6) is 0. The Morgan fingerprint density at radius 2 is 0.889 bits per heavy atom. The Bertz CT molecular complexity index is 826. The molecule has 1 N–H and O–H groups in total. The highest BCUT2D eigenvalue weighted by Crippen LogP contribution is 2.29. The minimum atomic E-state index is -1.33. The van der Waals surface area contributed by atoms with E-state index in [0.29, 0.717) is 0 Å². The van der Waals surface area contributed by atoms with Gasteiger partial charge in [0.2, 0.25) is 0 Å². The number of rotatable bonds is 8. The number of fused-ring (bicyclic) bond motifs is 3. The molecular formula is C24H37NSi2. The first kappa shape index (κ1) is 20.4. The lowest BCUT2D eigenvalue weighted by atomic mass is 10.1. The quantitative estimate of drug-likeness (QED) is 0.406. The molecule has 0 radical (unpaired) electrons. The lowest BCUT2D eigenvalue weighted by Gasteiger charge is -2.28. The third-order valence-corrected chi connectivity index (χ3v) is 19.1. The van der Waals surface area contributed by atoms with Gasteiger partial charge in [0.1, 0.15) is 0 Å². The van der Waals surface area contributed by atoms with Crippen molar-refractivity contribution in [3.63, 3.8) is 0 Å². The zero-order valence-electron chi connectivity index (χ0n) is 18.2. The molecule has 0 aliphatic rings. The number of aromatic amines is 1. The summed E-state index contributed by atoms with van der Waals surface area (Å²) in [7, 11) is -2.66. The first-order valence-electron chi connectivity index (χ1n) is 11.1. The first-order chi connectivity index (χ1) is 13.0. The molecule has 1 heterocycles. The molecule has 3 rings (SSSR count). The van der Waals surface area contributed by atoms with Gasteiger partial charge in [-0.25, -0.2) is 0 Å². The van der Waals surface area contributed by atoms with Crippen LogP contribution in [0.2, 0.25) is 36.3 Å². The van der Waals surface area contributed by atoms with Crippen LogP contribution in [0.15, 0.2) is 36.4 Å². The van der Waals surface area contributed by atoms with E-state index in [1.165, 1.54) is 58.1 Å². The number of aromatic nitrogens is 1. The highest BCUT2D eigenvalue weighted by molar-refractivity contribution is 6.92. The third kappa shape index (κ3) is 3.23. The van der Waals surface area contributed by atoms with Crippen molar-refractivity contribution in [1.29, 1.82) is 0 Å². The van der Waals surface area contributed by atoms with E-state index >= 15 is 0 Å². The molecule has 1 aromatic heterocycles. The number of benzene rings is 2. The van der Waals surface area contributed by atoms with Gasteiger partial charge in [0.15, 0.2) is 0 Å². The molecule has 0 spiro atoms. The fourth-order valence-corrected chi connectivity index (χ4v) is 12.5. The fourth-order valence-electron chi connectivity index (χ4n) is 5.29. The van der Waals surface area contributed by atoms with Crippen LogP contribution in [0.5, 0.6) is 0 Å². The molecule has 2 aromatic carbocycles.